The van der Waals surface area contributed by atoms with Gasteiger partial charge in [0, 0.05) is 18.6 Å². The molecular weight excluding hydrogens is 324 g/mol. The van der Waals surface area contributed by atoms with E-state index in [1.54, 1.807) is 6.92 Å². The number of hydrogen-bond acceptors (Lipinski definition) is 5. The Balaban J connectivity index is 0.000000450. The van der Waals surface area contributed by atoms with E-state index in [4.69, 9.17) is 19.3 Å². The molecular formula is C19H30O6. The Morgan fingerprint density at radius 3 is 1.68 bits per heavy atom. The highest BCUT2D eigenvalue weighted by molar-refractivity contribution is 5.84. The Bertz CT molecular complexity index is 442. The van der Waals surface area contributed by atoms with Crippen LogP contribution in [0.1, 0.15) is 65.2 Å². The van der Waals surface area contributed by atoms with Crippen molar-refractivity contribution in [1.29, 1.82) is 0 Å². The Hall–Kier alpha value is -1.66. The number of ether oxygens (including phenoxy) is 3. The van der Waals surface area contributed by atoms with Gasteiger partial charge in [-0.3, -0.25) is 0 Å². The maximum atomic E-state index is 11.5. The maximum Gasteiger partial charge on any atom is 0.334 e. The number of carboxylic acid groups (broad SMARTS) is 1. The van der Waals surface area contributed by atoms with E-state index < -0.39 is 17.9 Å². The molecule has 0 radical (unpaired) electrons. The van der Waals surface area contributed by atoms with Crippen LogP contribution in [0, 0.1) is 0 Å². The van der Waals surface area contributed by atoms with Gasteiger partial charge in [-0.1, -0.05) is 38.8 Å². The molecule has 0 heterocycles. The summed E-state index contributed by atoms with van der Waals surface area (Å²) in [6.07, 6.45) is 10.1. The van der Waals surface area contributed by atoms with E-state index in [0.29, 0.717) is 0 Å². The summed E-state index contributed by atoms with van der Waals surface area (Å²) in [5, 5.41) is 7.89. The minimum absolute atomic E-state index is 0.129. The fourth-order valence-electron chi connectivity index (χ4n) is 2.92. The zero-order chi connectivity index (χ0) is 18.9. The molecule has 0 aromatic rings. The van der Waals surface area contributed by atoms with Crippen LogP contribution in [-0.4, -0.2) is 35.2 Å². The van der Waals surface area contributed by atoms with Crippen LogP contribution in [0.25, 0.3) is 0 Å². The van der Waals surface area contributed by atoms with Crippen LogP contribution in [0.5, 0.6) is 0 Å². The average Bonchev–Trinajstić information content (AvgIpc) is 3.21. The van der Waals surface area contributed by atoms with Gasteiger partial charge in [0.05, 0.1) is 12.2 Å². The Morgan fingerprint density at radius 1 is 1.04 bits per heavy atom. The summed E-state index contributed by atoms with van der Waals surface area (Å²) in [5.74, 6) is -2.71. The van der Waals surface area contributed by atoms with Crippen molar-refractivity contribution in [2.75, 3.05) is 0 Å². The van der Waals surface area contributed by atoms with Gasteiger partial charge in [-0.05, 0) is 32.6 Å². The third-order valence-electron chi connectivity index (χ3n) is 4.18. The predicted octanol–water partition coefficient (Wildman–Crippen LogP) is 3.95. The molecule has 0 aliphatic heterocycles. The largest absolute Gasteiger partial charge is 0.478 e. The number of carbonyl (C=O) groups is 2. The van der Waals surface area contributed by atoms with E-state index in [-0.39, 0.29) is 17.8 Å². The molecule has 0 amide bonds. The highest BCUT2D eigenvalue weighted by atomic mass is 16.9. The number of esters is 1. The molecule has 2 aliphatic rings. The summed E-state index contributed by atoms with van der Waals surface area (Å²) < 4.78 is 17.2. The normalized spacial score (nSPS) is 18.3. The van der Waals surface area contributed by atoms with E-state index >= 15 is 0 Å². The third kappa shape index (κ3) is 8.31. The quantitative estimate of drug-likeness (QED) is 0.423. The van der Waals surface area contributed by atoms with Gasteiger partial charge >= 0.3 is 17.9 Å². The Morgan fingerprint density at radius 2 is 1.40 bits per heavy atom. The van der Waals surface area contributed by atoms with Crippen LogP contribution in [-0.2, 0) is 23.8 Å². The van der Waals surface area contributed by atoms with Crippen molar-refractivity contribution >= 4 is 11.9 Å². The second kappa shape index (κ2) is 10.4. The lowest BCUT2D eigenvalue weighted by Crippen LogP contribution is -2.42. The molecule has 1 N–H and O–H groups in total. The molecule has 142 valence electrons. The summed E-state index contributed by atoms with van der Waals surface area (Å²) >= 11 is 0. The standard InChI is InChI=1S/C15H24O4.C4H6O2/c1-3-14(16)19-15(2,17-12-8-4-5-9-12)18-13-10-6-7-11-13;1-3(2)4(5)6/h3,12-13H,1,4-11H2,2H3;1H2,2H3,(H,5,6). The van der Waals surface area contributed by atoms with Gasteiger partial charge in [-0.25, -0.2) is 9.59 Å². The first-order valence-electron chi connectivity index (χ1n) is 8.85. The van der Waals surface area contributed by atoms with Crippen LogP contribution in [0.2, 0.25) is 0 Å². The van der Waals surface area contributed by atoms with Gasteiger partial charge in [-0.2, -0.15) is 0 Å². The van der Waals surface area contributed by atoms with Crippen molar-refractivity contribution in [1.82, 2.24) is 0 Å². The molecule has 2 fully saturated rings. The smallest absolute Gasteiger partial charge is 0.334 e. The summed E-state index contributed by atoms with van der Waals surface area (Å²) in [6, 6.07) is 0. The van der Waals surface area contributed by atoms with Crippen LogP contribution >= 0.6 is 0 Å². The molecule has 2 aliphatic carbocycles. The lowest BCUT2D eigenvalue weighted by molar-refractivity contribution is -0.376. The summed E-state index contributed by atoms with van der Waals surface area (Å²) in [4.78, 5) is 21.1. The fourth-order valence-corrected chi connectivity index (χ4v) is 2.92. The number of carboxylic acids is 1. The Labute approximate surface area is 149 Å². The van der Waals surface area contributed by atoms with E-state index in [1.807, 2.05) is 0 Å². The minimum Gasteiger partial charge on any atom is -0.478 e. The first-order valence-corrected chi connectivity index (χ1v) is 8.85. The van der Waals surface area contributed by atoms with Crippen molar-refractivity contribution in [2.24, 2.45) is 0 Å². The predicted molar refractivity (Wildman–Crippen MR) is 93.8 cm³/mol. The zero-order valence-corrected chi connectivity index (χ0v) is 15.3. The second-order valence-electron chi connectivity index (χ2n) is 6.62. The van der Waals surface area contributed by atoms with Crippen LogP contribution in [0.3, 0.4) is 0 Å². The van der Waals surface area contributed by atoms with E-state index in [1.165, 1.54) is 32.6 Å². The van der Waals surface area contributed by atoms with E-state index in [0.717, 1.165) is 31.8 Å². The molecule has 6 nitrogen and oxygen atoms in total. The summed E-state index contributed by atoms with van der Waals surface area (Å²) in [7, 11) is 0. The lowest BCUT2D eigenvalue weighted by atomic mass is 10.3. The molecule has 25 heavy (non-hydrogen) atoms. The maximum absolute atomic E-state index is 11.5. The molecule has 0 unspecified atom stereocenters. The Kier molecular flexibility index (Phi) is 8.86. The van der Waals surface area contributed by atoms with Crippen LogP contribution in [0.15, 0.2) is 24.8 Å². The SMILES string of the molecule is C=C(C)C(=O)O.C=CC(=O)OC(C)(OC1CCCC1)OC1CCCC1. The molecule has 0 bridgehead atoms. The topological polar surface area (TPSA) is 82.1 Å². The van der Waals surface area contributed by atoms with Crippen molar-refractivity contribution in [3.63, 3.8) is 0 Å². The fraction of sp³-hybridized carbons (Fsp3) is 0.684. The highest BCUT2D eigenvalue weighted by Gasteiger charge is 2.38. The third-order valence-corrected chi connectivity index (χ3v) is 4.18. The van der Waals surface area contributed by atoms with Gasteiger partial charge in [0.25, 0.3) is 0 Å². The second-order valence-corrected chi connectivity index (χ2v) is 6.62. The van der Waals surface area contributed by atoms with Crippen molar-refractivity contribution < 1.29 is 28.9 Å². The van der Waals surface area contributed by atoms with Crippen molar-refractivity contribution in [3.05, 3.63) is 24.8 Å². The molecule has 0 spiro atoms. The number of aliphatic carboxylic acids is 1. The van der Waals surface area contributed by atoms with Crippen LogP contribution < -0.4 is 0 Å². The first-order chi connectivity index (χ1) is 11.8. The van der Waals surface area contributed by atoms with E-state index in [9.17, 15) is 9.59 Å². The minimum atomic E-state index is -1.27. The summed E-state index contributed by atoms with van der Waals surface area (Å²) in [5.41, 5.74) is 0.176. The number of rotatable bonds is 7. The van der Waals surface area contributed by atoms with Gasteiger partial charge in [0.15, 0.2) is 0 Å². The molecule has 0 atom stereocenters. The van der Waals surface area contributed by atoms with Crippen LogP contribution in [0.4, 0.5) is 0 Å². The number of hydrogen-bond donors (Lipinski definition) is 1. The van der Waals surface area contributed by atoms with Gasteiger partial charge < -0.3 is 19.3 Å². The van der Waals surface area contributed by atoms with E-state index in [2.05, 4.69) is 13.2 Å². The lowest BCUT2D eigenvalue weighted by Gasteiger charge is -2.33. The van der Waals surface area contributed by atoms with Crippen molar-refractivity contribution in [2.45, 2.75) is 83.4 Å². The molecule has 0 aromatic heterocycles. The first kappa shape index (κ1) is 21.4. The van der Waals surface area contributed by atoms with Gasteiger partial charge in [0.2, 0.25) is 0 Å². The molecule has 0 saturated heterocycles. The van der Waals surface area contributed by atoms with Gasteiger partial charge in [-0.15, -0.1) is 0 Å². The highest BCUT2D eigenvalue weighted by Crippen LogP contribution is 2.32. The molecule has 0 aromatic carbocycles. The molecule has 2 saturated carbocycles. The monoisotopic (exact) mass is 354 g/mol. The molecule has 6 heteroatoms. The average molecular weight is 354 g/mol. The summed E-state index contributed by atoms with van der Waals surface area (Å²) in [6.45, 7) is 9.72. The molecule has 2 rings (SSSR count). The van der Waals surface area contributed by atoms with Gasteiger partial charge in [0.1, 0.15) is 0 Å². The zero-order valence-electron chi connectivity index (χ0n) is 15.3. The van der Waals surface area contributed by atoms with Crippen molar-refractivity contribution in [3.8, 4) is 0 Å². The number of carbonyl (C=O) groups excluding carboxylic acids is 1.